The second kappa shape index (κ2) is 5.15. The number of rotatable bonds is 3. The minimum absolute atomic E-state index is 0.0814. The quantitative estimate of drug-likeness (QED) is 0.739. The number of hydrogen-bond acceptors (Lipinski definition) is 1. The lowest BCUT2D eigenvalue weighted by molar-refractivity contribution is 0.00440. The van der Waals surface area contributed by atoms with Gasteiger partial charge >= 0.3 is 0 Å². The first-order chi connectivity index (χ1) is 7.76. The molecule has 88 valence electrons. The molecule has 1 aliphatic heterocycles. The molecule has 0 aliphatic carbocycles. The van der Waals surface area contributed by atoms with Crippen molar-refractivity contribution in [3.05, 3.63) is 35.6 Å². The minimum Gasteiger partial charge on any atom is -0.381 e. The monoisotopic (exact) mass is 242 g/mol. The van der Waals surface area contributed by atoms with Crippen LogP contribution >= 0.6 is 11.6 Å². The molecular formula is C13H16ClFO. The van der Waals surface area contributed by atoms with Crippen LogP contribution in [0.25, 0.3) is 0 Å². The first-order valence-corrected chi connectivity index (χ1v) is 6.16. The van der Waals surface area contributed by atoms with Gasteiger partial charge in [-0.15, -0.1) is 11.6 Å². The summed E-state index contributed by atoms with van der Waals surface area (Å²) in [6, 6.07) is 6.91. The topological polar surface area (TPSA) is 9.23 Å². The molecule has 0 saturated carbocycles. The number of halogens is 2. The fourth-order valence-corrected chi connectivity index (χ4v) is 2.55. The molecule has 0 N–H and O–H groups in total. The SMILES string of the molecule is Fc1ccccc1CC1(CCl)CCCOC1. The lowest BCUT2D eigenvalue weighted by Crippen LogP contribution is -2.35. The number of alkyl halides is 1. The third-order valence-corrected chi connectivity index (χ3v) is 3.78. The predicted octanol–water partition coefficient (Wildman–Crippen LogP) is 3.40. The van der Waals surface area contributed by atoms with Crippen LogP contribution in [0, 0.1) is 11.2 Å². The van der Waals surface area contributed by atoms with E-state index in [4.69, 9.17) is 16.3 Å². The van der Waals surface area contributed by atoms with Crippen LogP contribution < -0.4 is 0 Å². The van der Waals surface area contributed by atoms with Gasteiger partial charge in [-0.3, -0.25) is 0 Å². The average Bonchev–Trinajstić information content (AvgIpc) is 2.33. The van der Waals surface area contributed by atoms with Crippen molar-refractivity contribution in [2.45, 2.75) is 19.3 Å². The summed E-state index contributed by atoms with van der Waals surface area (Å²) < 4.78 is 19.0. The highest BCUT2D eigenvalue weighted by Gasteiger charge is 2.32. The van der Waals surface area contributed by atoms with Gasteiger partial charge in [0, 0.05) is 17.9 Å². The molecule has 0 aromatic heterocycles. The van der Waals surface area contributed by atoms with Gasteiger partial charge < -0.3 is 4.74 Å². The lowest BCUT2D eigenvalue weighted by Gasteiger charge is -2.35. The highest BCUT2D eigenvalue weighted by atomic mass is 35.5. The summed E-state index contributed by atoms with van der Waals surface area (Å²) in [7, 11) is 0. The van der Waals surface area contributed by atoms with Crippen LogP contribution in [-0.4, -0.2) is 19.1 Å². The maximum absolute atomic E-state index is 13.6. The first-order valence-electron chi connectivity index (χ1n) is 5.63. The van der Waals surface area contributed by atoms with Gasteiger partial charge in [-0.25, -0.2) is 4.39 Å². The molecule has 1 aliphatic rings. The third-order valence-electron chi connectivity index (χ3n) is 3.21. The molecule has 0 radical (unpaired) electrons. The van der Waals surface area contributed by atoms with Crippen molar-refractivity contribution in [3.8, 4) is 0 Å². The van der Waals surface area contributed by atoms with E-state index in [9.17, 15) is 4.39 Å². The summed E-state index contributed by atoms with van der Waals surface area (Å²) in [5.41, 5.74) is 0.663. The standard InChI is InChI=1S/C13H16ClFO/c14-9-13(6-3-7-16-10-13)8-11-4-1-2-5-12(11)15/h1-2,4-5H,3,6-10H2. The molecule has 3 heteroatoms. The Labute approximate surface area is 101 Å². The van der Waals surface area contributed by atoms with Gasteiger partial charge in [-0.05, 0) is 30.9 Å². The molecule has 1 atom stereocenters. The van der Waals surface area contributed by atoms with Gasteiger partial charge in [0.05, 0.1) is 6.61 Å². The van der Waals surface area contributed by atoms with Crippen molar-refractivity contribution in [2.24, 2.45) is 5.41 Å². The Hall–Kier alpha value is -0.600. The van der Waals surface area contributed by atoms with Gasteiger partial charge in [0.15, 0.2) is 0 Å². The molecule has 0 amide bonds. The van der Waals surface area contributed by atoms with Gasteiger partial charge in [-0.1, -0.05) is 18.2 Å². The van der Waals surface area contributed by atoms with Crippen molar-refractivity contribution in [2.75, 3.05) is 19.1 Å². The molecule has 1 heterocycles. The smallest absolute Gasteiger partial charge is 0.126 e. The average molecular weight is 243 g/mol. The molecule has 1 unspecified atom stereocenters. The van der Waals surface area contributed by atoms with Gasteiger partial charge in [-0.2, -0.15) is 0 Å². The maximum Gasteiger partial charge on any atom is 0.126 e. The Morgan fingerprint density at radius 2 is 2.19 bits per heavy atom. The molecule has 1 aromatic rings. The van der Waals surface area contributed by atoms with Gasteiger partial charge in [0.2, 0.25) is 0 Å². The molecule has 16 heavy (non-hydrogen) atoms. The number of hydrogen-bond donors (Lipinski definition) is 0. The lowest BCUT2D eigenvalue weighted by atomic mass is 9.79. The largest absolute Gasteiger partial charge is 0.381 e. The van der Waals surface area contributed by atoms with E-state index in [2.05, 4.69) is 0 Å². The van der Waals surface area contributed by atoms with Crippen molar-refractivity contribution in [1.82, 2.24) is 0 Å². The number of benzene rings is 1. The molecule has 1 nitrogen and oxygen atoms in total. The fraction of sp³-hybridized carbons (Fsp3) is 0.538. The molecule has 1 fully saturated rings. The van der Waals surface area contributed by atoms with Crippen molar-refractivity contribution < 1.29 is 9.13 Å². The Bertz CT molecular complexity index is 348. The minimum atomic E-state index is -0.141. The van der Waals surface area contributed by atoms with Crippen LogP contribution in [0.2, 0.25) is 0 Å². The van der Waals surface area contributed by atoms with E-state index in [1.807, 2.05) is 12.1 Å². The van der Waals surface area contributed by atoms with E-state index >= 15 is 0 Å². The van der Waals surface area contributed by atoms with E-state index in [0.29, 0.717) is 18.9 Å². The van der Waals surface area contributed by atoms with E-state index < -0.39 is 0 Å². The molecule has 2 rings (SSSR count). The second-order valence-corrected chi connectivity index (χ2v) is 4.83. The van der Waals surface area contributed by atoms with Crippen LogP contribution in [-0.2, 0) is 11.2 Å². The highest BCUT2D eigenvalue weighted by molar-refractivity contribution is 6.18. The zero-order valence-electron chi connectivity index (χ0n) is 9.22. The van der Waals surface area contributed by atoms with Crippen molar-refractivity contribution in [3.63, 3.8) is 0 Å². The summed E-state index contributed by atoms with van der Waals surface area (Å²) in [6.45, 7) is 1.45. The van der Waals surface area contributed by atoms with Crippen LogP contribution in [0.5, 0.6) is 0 Å². The van der Waals surface area contributed by atoms with Crippen LogP contribution in [0.3, 0.4) is 0 Å². The molecular weight excluding hydrogens is 227 g/mol. The highest BCUT2D eigenvalue weighted by Crippen LogP contribution is 2.34. The van der Waals surface area contributed by atoms with E-state index in [-0.39, 0.29) is 11.2 Å². The molecule has 1 saturated heterocycles. The van der Waals surface area contributed by atoms with Crippen LogP contribution in [0.1, 0.15) is 18.4 Å². The first kappa shape index (κ1) is 11.9. The zero-order chi connectivity index (χ0) is 11.4. The third kappa shape index (κ3) is 2.55. The Balaban J connectivity index is 2.15. The second-order valence-electron chi connectivity index (χ2n) is 4.56. The fourth-order valence-electron chi connectivity index (χ4n) is 2.25. The van der Waals surface area contributed by atoms with Crippen LogP contribution in [0.4, 0.5) is 4.39 Å². The molecule has 0 bridgehead atoms. The Morgan fingerprint density at radius 3 is 2.81 bits per heavy atom. The summed E-state index contributed by atoms with van der Waals surface area (Å²) in [5, 5.41) is 0. The number of ether oxygens (including phenoxy) is 1. The Kier molecular flexibility index (Phi) is 3.82. The zero-order valence-corrected chi connectivity index (χ0v) is 9.97. The van der Waals surface area contributed by atoms with E-state index in [1.165, 1.54) is 6.07 Å². The normalized spacial score (nSPS) is 25.6. The predicted molar refractivity (Wildman–Crippen MR) is 63.3 cm³/mol. The van der Waals surface area contributed by atoms with E-state index in [1.54, 1.807) is 6.07 Å². The summed E-state index contributed by atoms with van der Waals surface area (Å²) in [4.78, 5) is 0. The van der Waals surface area contributed by atoms with E-state index in [0.717, 1.165) is 25.0 Å². The van der Waals surface area contributed by atoms with Crippen LogP contribution in [0.15, 0.2) is 24.3 Å². The summed E-state index contributed by atoms with van der Waals surface area (Å²) in [6.07, 6.45) is 2.70. The molecule has 0 spiro atoms. The van der Waals surface area contributed by atoms with Gasteiger partial charge in [0.25, 0.3) is 0 Å². The maximum atomic E-state index is 13.6. The summed E-state index contributed by atoms with van der Waals surface area (Å²) >= 11 is 6.04. The van der Waals surface area contributed by atoms with Gasteiger partial charge in [0.1, 0.15) is 5.82 Å². The Morgan fingerprint density at radius 1 is 1.38 bits per heavy atom. The van der Waals surface area contributed by atoms with Crippen molar-refractivity contribution >= 4 is 11.6 Å². The van der Waals surface area contributed by atoms with Crippen molar-refractivity contribution in [1.29, 1.82) is 0 Å². The summed E-state index contributed by atoms with van der Waals surface area (Å²) in [5.74, 6) is 0.388. The molecule has 1 aromatic carbocycles.